The number of nitrogens with one attached hydrogen (secondary N) is 2. The average Bonchev–Trinajstić information content (AvgIpc) is 2.71. The van der Waals surface area contributed by atoms with Crippen LogP contribution < -0.4 is 20.3 Å². The van der Waals surface area contributed by atoms with E-state index in [9.17, 15) is 4.79 Å². The Morgan fingerprint density at radius 2 is 1.81 bits per heavy atom. The molecule has 0 saturated carbocycles. The fraction of sp³-hybridized carbons (Fsp3) is 0.421. The Labute approximate surface area is 153 Å². The number of amides is 2. The van der Waals surface area contributed by atoms with E-state index in [1.165, 1.54) is 0 Å². The normalized spacial score (nSPS) is 14.7. The van der Waals surface area contributed by atoms with Gasteiger partial charge in [0.25, 0.3) is 0 Å². The van der Waals surface area contributed by atoms with Crippen LogP contribution >= 0.6 is 0 Å². The lowest BCUT2D eigenvalue weighted by Crippen LogP contribution is -2.43. The molecule has 138 valence electrons. The molecular formula is C19H25N5O2. The van der Waals surface area contributed by atoms with E-state index < -0.39 is 0 Å². The highest BCUT2D eigenvalue weighted by atomic mass is 16.5. The molecule has 0 radical (unpaired) electrons. The number of rotatable bonds is 7. The maximum atomic E-state index is 11.9. The van der Waals surface area contributed by atoms with E-state index in [0.29, 0.717) is 25.6 Å². The first kappa shape index (κ1) is 18.0. The van der Waals surface area contributed by atoms with Crippen LogP contribution in [0.2, 0.25) is 0 Å². The Morgan fingerprint density at radius 3 is 2.54 bits per heavy atom. The summed E-state index contributed by atoms with van der Waals surface area (Å²) in [6, 6.07) is 11.3. The van der Waals surface area contributed by atoms with Crippen LogP contribution in [0.4, 0.5) is 10.7 Å². The van der Waals surface area contributed by atoms with Crippen molar-refractivity contribution >= 4 is 12.0 Å². The van der Waals surface area contributed by atoms with Crippen molar-refractivity contribution < 1.29 is 9.53 Å². The summed E-state index contributed by atoms with van der Waals surface area (Å²) in [6.07, 6.45) is 5.58. The number of para-hydroxylation sites is 1. The lowest BCUT2D eigenvalue weighted by Gasteiger charge is -2.31. The summed E-state index contributed by atoms with van der Waals surface area (Å²) in [5.74, 6) is 2.08. The molecule has 2 aromatic rings. The number of carbonyl (C=O) groups excluding carboxylic acids is 1. The number of nitrogens with zero attached hydrogens (tertiary/aromatic N) is 3. The van der Waals surface area contributed by atoms with Crippen molar-refractivity contribution in [3.63, 3.8) is 0 Å². The standard InChI is InChI=1S/C19H25N5O2/c25-19(22-11-14-26-17-5-2-1-3-6-17)23-15-16-7-12-24(13-8-16)18-20-9-4-10-21-18/h1-6,9-10,16H,7-8,11-15H2,(H2,22,23,25). The molecule has 1 aromatic carbocycles. The van der Waals surface area contributed by atoms with Crippen molar-refractivity contribution in [2.24, 2.45) is 5.92 Å². The van der Waals surface area contributed by atoms with Crippen LogP contribution in [-0.2, 0) is 0 Å². The number of carbonyl (C=O) groups is 1. The van der Waals surface area contributed by atoms with Crippen molar-refractivity contribution in [3.8, 4) is 5.75 Å². The number of hydrogen-bond donors (Lipinski definition) is 2. The number of aromatic nitrogens is 2. The number of anilines is 1. The first-order chi connectivity index (χ1) is 12.8. The van der Waals surface area contributed by atoms with E-state index >= 15 is 0 Å². The van der Waals surface area contributed by atoms with Gasteiger partial charge in [-0.15, -0.1) is 0 Å². The highest BCUT2D eigenvalue weighted by Gasteiger charge is 2.21. The molecular weight excluding hydrogens is 330 g/mol. The molecule has 0 aliphatic carbocycles. The molecule has 1 aromatic heterocycles. The molecule has 3 rings (SSSR count). The molecule has 0 atom stereocenters. The predicted octanol–water partition coefficient (Wildman–Crippen LogP) is 2.07. The van der Waals surface area contributed by atoms with Gasteiger partial charge in [-0.3, -0.25) is 0 Å². The molecule has 0 spiro atoms. The second-order valence-electron chi connectivity index (χ2n) is 6.28. The van der Waals surface area contributed by atoms with Crippen LogP contribution in [0.1, 0.15) is 12.8 Å². The van der Waals surface area contributed by atoms with Gasteiger partial charge in [0.2, 0.25) is 5.95 Å². The molecule has 1 aliphatic heterocycles. The first-order valence-electron chi connectivity index (χ1n) is 9.03. The summed E-state index contributed by atoms with van der Waals surface area (Å²) in [7, 11) is 0. The van der Waals surface area contributed by atoms with Gasteiger partial charge in [0.1, 0.15) is 12.4 Å². The van der Waals surface area contributed by atoms with Gasteiger partial charge < -0.3 is 20.3 Å². The molecule has 26 heavy (non-hydrogen) atoms. The zero-order chi connectivity index (χ0) is 18.0. The molecule has 1 saturated heterocycles. The zero-order valence-electron chi connectivity index (χ0n) is 14.8. The lowest BCUT2D eigenvalue weighted by atomic mass is 9.97. The van der Waals surface area contributed by atoms with Crippen LogP contribution in [0.15, 0.2) is 48.8 Å². The molecule has 7 heteroatoms. The van der Waals surface area contributed by atoms with Gasteiger partial charge in [-0.05, 0) is 37.0 Å². The summed E-state index contributed by atoms with van der Waals surface area (Å²) in [5, 5.41) is 5.77. The van der Waals surface area contributed by atoms with Gasteiger partial charge in [0, 0.05) is 32.0 Å². The zero-order valence-corrected chi connectivity index (χ0v) is 14.8. The highest BCUT2D eigenvalue weighted by molar-refractivity contribution is 5.73. The van der Waals surface area contributed by atoms with Gasteiger partial charge in [0.15, 0.2) is 0 Å². The maximum Gasteiger partial charge on any atom is 0.314 e. The Balaban J connectivity index is 1.27. The molecule has 2 heterocycles. The van der Waals surface area contributed by atoms with E-state index in [1.807, 2.05) is 36.4 Å². The monoisotopic (exact) mass is 355 g/mol. The molecule has 2 N–H and O–H groups in total. The minimum absolute atomic E-state index is 0.143. The van der Waals surface area contributed by atoms with Crippen LogP contribution in [-0.4, -0.2) is 48.8 Å². The van der Waals surface area contributed by atoms with Crippen LogP contribution in [0, 0.1) is 5.92 Å². The summed E-state index contributed by atoms with van der Waals surface area (Å²) in [6.45, 7) is 3.46. The maximum absolute atomic E-state index is 11.9. The topological polar surface area (TPSA) is 79.4 Å². The molecule has 0 bridgehead atoms. The minimum Gasteiger partial charge on any atom is -0.492 e. The summed E-state index contributed by atoms with van der Waals surface area (Å²) >= 11 is 0. The van der Waals surface area contributed by atoms with E-state index in [-0.39, 0.29) is 6.03 Å². The van der Waals surface area contributed by atoms with Gasteiger partial charge in [0.05, 0.1) is 6.54 Å². The number of ether oxygens (including phenoxy) is 1. The van der Waals surface area contributed by atoms with Crippen molar-refractivity contribution in [2.75, 3.05) is 37.7 Å². The van der Waals surface area contributed by atoms with Crippen molar-refractivity contribution in [1.82, 2.24) is 20.6 Å². The highest BCUT2D eigenvalue weighted by Crippen LogP contribution is 2.19. The first-order valence-corrected chi connectivity index (χ1v) is 9.03. The van der Waals surface area contributed by atoms with Crippen molar-refractivity contribution in [3.05, 3.63) is 48.8 Å². The fourth-order valence-electron chi connectivity index (χ4n) is 2.94. The quantitative estimate of drug-likeness (QED) is 0.744. The Morgan fingerprint density at radius 1 is 1.08 bits per heavy atom. The van der Waals surface area contributed by atoms with Gasteiger partial charge in [-0.25, -0.2) is 14.8 Å². The Hall–Kier alpha value is -2.83. The summed E-state index contributed by atoms with van der Waals surface area (Å²) < 4.78 is 5.54. The van der Waals surface area contributed by atoms with Gasteiger partial charge in [-0.1, -0.05) is 18.2 Å². The second-order valence-corrected chi connectivity index (χ2v) is 6.28. The molecule has 1 fully saturated rings. The third-order valence-electron chi connectivity index (χ3n) is 4.40. The van der Waals surface area contributed by atoms with Gasteiger partial charge in [-0.2, -0.15) is 0 Å². The van der Waals surface area contributed by atoms with Crippen molar-refractivity contribution in [2.45, 2.75) is 12.8 Å². The minimum atomic E-state index is -0.143. The van der Waals surface area contributed by atoms with Crippen LogP contribution in [0.25, 0.3) is 0 Å². The molecule has 0 unspecified atom stereocenters. The molecule has 1 aliphatic rings. The number of urea groups is 1. The Kier molecular flexibility index (Phi) is 6.64. The fourth-order valence-corrected chi connectivity index (χ4v) is 2.94. The predicted molar refractivity (Wildman–Crippen MR) is 100 cm³/mol. The van der Waals surface area contributed by atoms with Crippen molar-refractivity contribution in [1.29, 1.82) is 0 Å². The molecule has 2 amide bonds. The second kappa shape index (κ2) is 9.60. The van der Waals surface area contributed by atoms with E-state index in [0.717, 1.165) is 37.6 Å². The summed E-state index contributed by atoms with van der Waals surface area (Å²) in [5.41, 5.74) is 0. The smallest absolute Gasteiger partial charge is 0.314 e. The SMILES string of the molecule is O=C(NCCOc1ccccc1)NCC1CCN(c2ncccn2)CC1. The van der Waals surface area contributed by atoms with Crippen LogP contribution in [0.5, 0.6) is 5.75 Å². The van der Waals surface area contributed by atoms with E-state index in [1.54, 1.807) is 12.4 Å². The number of piperidine rings is 1. The third kappa shape index (κ3) is 5.61. The lowest BCUT2D eigenvalue weighted by molar-refractivity contribution is 0.233. The third-order valence-corrected chi connectivity index (χ3v) is 4.40. The Bertz CT molecular complexity index is 660. The largest absolute Gasteiger partial charge is 0.492 e. The van der Waals surface area contributed by atoms with Crippen LogP contribution in [0.3, 0.4) is 0 Å². The summed E-state index contributed by atoms with van der Waals surface area (Å²) in [4.78, 5) is 22.6. The average molecular weight is 355 g/mol. The number of hydrogen-bond acceptors (Lipinski definition) is 5. The molecule has 7 nitrogen and oxygen atoms in total. The number of benzene rings is 1. The van der Waals surface area contributed by atoms with E-state index in [4.69, 9.17) is 4.74 Å². The van der Waals surface area contributed by atoms with E-state index in [2.05, 4.69) is 25.5 Å². The van der Waals surface area contributed by atoms with Gasteiger partial charge >= 0.3 is 6.03 Å².